The maximum Gasteiger partial charge on any atom is 0.00923 e. The minimum atomic E-state index is 0.788. The average Bonchev–Trinajstić information content (AvgIpc) is 2.78. The van der Waals surface area contributed by atoms with E-state index in [1.807, 2.05) is 0 Å². The van der Waals surface area contributed by atoms with Crippen molar-refractivity contribution in [2.24, 2.45) is 5.92 Å². The molecule has 1 saturated carbocycles. The van der Waals surface area contributed by atoms with E-state index in [0.29, 0.717) is 0 Å². The Morgan fingerprint density at radius 2 is 2.00 bits per heavy atom. The third-order valence-electron chi connectivity index (χ3n) is 3.91. The fraction of sp³-hybridized carbons (Fsp3) is 0.600. The maximum atomic E-state index is 3.46. The first-order valence-electron chi connectivity index (χ1n) is 6.61. The fourth-order valence-corrected chi connectivity index (χ4v) is 2.98. The third-order valence-corrected chi connectivity index (χ3v) is 3.91. The van der Waals surface area contributed by atoms with E-state index in [0.717, 1.165) is 12.0 Å². The van der Waals surface area contributed by atoms with Crippen LogP contribution in [0.4, 0.5) is 0 Å². The van der Waals surface area contributed by atoms with Gasteiger partial charge in [-0.05, 0) is 50.6 Å². The summed E-state index contributed by atoms with van der Waals surface area (Å²) in [5.74, 6) is 0.925. The Bertz CT molecular complexity index is 294. The normalized spacial score (nSPS) is 24.8. The molecule has 0 amide bonds. The first-order chi connectivity index (χ1) is 7.90. The molecule has 0 saturated heterocycles. The Labute approximate surface area is 99.3 Å². The van der Waals surface area contributed by atoms with Gasteiger partial charge in [0.25, 0.3) is 0 Å². The van der Waals surface area contributed by atoms with Crippen molar-refractivity contribution in [1.29, 1.82) is 0 Å². The molecule has 16 heavy (non-hydrogen) atoms. The van der Waals surface area contributed by atoms with Gasteiger partial charge in [0.05, 0.1) is 0 Å². The van der Waals surface area contributed by atoms with Crippen LogP contribution < -0.4 is 5.32 Å². The standard InChI is InChI=1S/C15H23N/c1-16-15-12-6-11-14(15)10-5-9-13-7-3-2-4-8-13/h2-4,7-8,14-16H,5-6,9-12H2,1H3. The summed E-state index contributed by atoms with van der Waals surface area (Å²) in [5, 5.41) is 3.46. The summed E-state index contributed by atoms with van der Waals surface area (Å²) < 4.78 is 0. The molecule has 1 aromatic rings. The predicted octanol–water partition coefficient (Wildman–Crippen LogP) is 3.40. The highest BCUT2D eigenvalue weighted by Gasteiger charge is 2.24. The van der Waals surface area contributed by atoms with Crippen LogP contribution in [0.2, 0.25) is 0 Å². The van der Waals surface area contributed by atoms with Gasteiger partial charge in [-0.25, -0.2) is 0 Å². The first kappa shape index (κ1) is 11.7. The lowest BCUT2D eigenvalue weighted by Crippen LogP contribution is -2.28. The fourth-order valence-electron chi connectivity index (χ4n) is 2.98. The van der Waals surface area contributed by atoms with Crippen LogP contribution in [0.5, 0.6) is 0 Å². The van der Waals surface area contributed by atoms with Gasteiger partial charge in [-0.3, -0.25) is 0 Å². The molecule has 1 aliphatic carbocycles. The lowest BCUT2D eigenvalue weighted by atomic mass is 9.95. The molecule has 0 aliphatic heterocycles. The summed E-state index contributed by atoms with van der Waals surface area (Å²) in [6.45, 7) is 0. The summed E-state index contributed by atoms with van der Waals surface area (Å²) in [4.78, 5) is 0. The zero-order valence-electron chi connectivity index (χ0n) is 10.3. The van der Waals surface area contributed by atoms with Crippen LogP contribution in [0, 0.1) is 5.92 Å². The molecule has 1 nitrogen and oxygen atoms in total. The summed E-state index contributed by atoms with van der Waals surface area (Å²) in [6.07, 6.45) is 8.20. The van der Waals surface area contributed by atoms with Crippen LogP contribution >= 0.6 is 0 Å². The van der Waals surface area contributed by atoms with E-state index in [1.165, 1.54) is 44.1 Å². The monoisotopic (exact) mass is 217 g/mol. The van der Waals surface area contributed by atoms with Gasteiger partial charge in [0.2, 0.25) is 0 Å². The Balaban J connectivity index is 1.72. The van der Waals surface area contributed by atoms with Crippen molar-refractivity contribution in [1.82, 2.24) is 5.32 Å². The van der Waals surface area contributed by atoms with Crippen LogP contribution in [0.3, 0.4) is 0 Å². The van der Waals surface area contributed by atoms with Gasteiger partial charge in [0.1, 0.15) is 0 Å². The van der Waals surface area contributed by atoms with Crippen molar-refractivity contribution in [3.05, 3.63) is 35.9 Å². The van der Waals surface area contributed by atoms with Gasteiger partial charge in [-0.15, -0.1) is 0 Å². The molecule has 2 atom stereocenters. The van der Waals surface area contributed by atoms with Crippen molar-refractivity contribution >= 4 is 0 Å². The Kier molecular flexibility index (Phi) is 4.41. The van der Waals surface area contributed by atoms with Crippen molar-refractivity contribution in [3.63, 3.8) is 0 Å². The first-order valence-corrected chi connectivity index (χ1v) is 6.61. The number of rotatable bonds is 5. The SMILES string of the molecule is CNC1CCCC1CCCc1ccccc1. The molecule has 0 radical (unpaired) electrons. The van der Waals surface area contributed by atoms with Gasteiger partial charge in [-0.2, -0.15) is 0 Å². The van der Waals surface area contributed by atoms with Gasteiger partial charge >= 0.3 is 0 Å². The largest absolute Gasteiger partial charge is 0.317 e. The summed E-state index contributed by atoms with van der Waals surface area (Å²) in [7, 11) is 2.11. The van der Waals surface area contributed by atoms with E-state index in [9.17, 15) is 0 Å². The van der Waals surface area contributed by atoms with Crippen LogP contribution in [0.25, 0.3) is 0 Å². The minimum absolute atomic E-state index is 0.788. The minimum Gasteiger partial charge on any atom is -0.317 e. The van der Waals surface area contributed by atoms with Crippen LogP contribution in [0.15, 0.2) is 30.3 Å². The van der Waals surface area contributed by atoms with Crippen molar-refractivity contribution < 1.29 is 0 Å². The van der Waals surface area contributed by atoms with Crippen LogP contribution in [-0.4, -0.2) is 13.1 Å². The zero-order chi connectivity index (χ0) is 11.2. The second-order valence-corrected chi connectivity index (χ2v) is 4.96. The lowest BCUT2D eigenvalue weighted by molar-refractivity contribution is 0.391. The lowest BCUT2D eigenvalue weighted by Gasteiger charge is -2.18. The number of aryl methyl sites for hydroxylation is 1. The number of benzene rings is 1. The maximum absolute atomic E-state index is 3.46. The highest BCUT2D eigenvalue weighted by molar-refractivity contribution is 5.14. The van der Waals surface area contributed by atoms with E-state index in [-0.39, 0.29) is 0 Å². The second-order valence-electron chi connectivity index (χ2n) is 4.96. The number of hydrogen-bond acceptors (Lipinski definition) is 1. The molecule has 1 aromatic carbocycles. The summed E-state index contributed by atoms with van der Waals surface area (Å²) in [5.41, 5.74) is 1.49. The smallest absolute Gasteiger partial charge is 0.00923 e. The van der Waals surface area contributed by atoms with Crippen LogP contribution in [0.1, 0.15) is 37.7 Å². The number of nitrogens with one attached hydrogen (secondary N) is 1. The Morgan fingerprint density at radius 1 is 1.19 bits per heavy atom. The third kappa shape index (κ3) is 3.08. The van der Waals surface area contributed by atoms with E-state index >= 15 is 0 Å². The zero-order valence-corrected chi connectivity index (χ0v) is 10.3. The molecule has 2 unspecified atom stereocenters. The molecule has 2 rings (SSSR count). The average molecular weight is 217 g/mol. The molecule has 1 aliphatic rings. The second kappa shape index (κ2) is 6.05. The summed E-state index contributed by atoms with van der Waals surface area (Å²) >= 11 is 0. The molecule has 0 heterocycles. The van der Waals surface area contributed by atoms with Gasteiger partial charge in [-0.1, -0.05) is 36.8 Å². The molecule has 0 spiro atoms. The van der Waals surface area contributed by atoms with Gasteiger partial charge < -0.3 is 5.32 Å². The highest BCUT2D eigenvalue weighted by Crippen LogP contribution is 2.29. The topological polar surface area (TPSA) is 12.0 Å². The van der Waals surface area contributed by atoms with E-state index in [1.54, 1.807) is 0 Å². The Morgan fingerprint density at radius 3 is 2.75 bits per heavy atom. The molecular formula is C15H23N. The molecular weight excluding hydrogens is 194 g/mol. The molecule has 88 valence electrons. The molecule has 1 N–H and O–H groups in total. The number of hydrogen-bond donors (Lipinski definition) is 1. The van der Waals surface area contributed by atoms with E-state index in [2.05, 4.69) is 42.7 Å². The van der Waals surface area contributed by atoms with E-state index < -0.39 is 0 Å². The van der Waals surface area contributed by atoms with Crippen molar-refractivity contribution in [2.75, 3.05) is 7.05 Å². The predicted molar refractivity (Wildman–Crippen MR) is 69.6 cm³/mol. The molecule has 0 bridgehead atoms. The Hall–Kier alpha value is -0.820. The van der Waals surface area contributed by atoms with E-state index in [4.69, 9.17) is 0 Å². The van der Waals surface area contributed by atoms with Gasteiger partial charge in [0.15, 0.2) is 0 Å². The van der Waals surface area contributed by atoms with Crippen molar-refractivity contribution in [3.8, 4) is 0 Å². The molecule has 1 heteroatoms. The quantitative estimate of drug-likeness (QED) is 0.797. The molecule has 1 fully saturated rings. The highest BCUT2D eigenvalue weighted by atomic mass is 14.9. The van der Waals surface area contributed by atoms with Crippen molar-refractivity contribution in [2.45, 2.75) is 44.6 Å². The molecule has 0 aromatic heterocycles. The van der Waals surface area contributed by atoms with Gasteiger partial charge in [0, 0.05) is 6.04 Å². The van der Waals surface area contributed by atoms with Crippen LogP contribution in [-0.2, 0) is 6.42 Å². The summed E-state index contributed by atoms with van der Waals surface area (Å²) in [6, 6.07) is 11.6.